The van der Waals surface area contributed by atoms with Crippen LogP contribution in [-0.2, 0) is 5.60 Å². The molecule has 1 N–H and O–H groups in total. The summed E-state index contributed by atoms with van der Waals surface area (Å²) in [6.45, 7) is 6.99. The Kier molecular flexibility index (Phi) is 3.62. The van der Waals surface area contributed by atoms with Crippen molar-refractivity contribution in [3.05, 3.63) is 66.7 Å². The predicted octanol–water partition coefficient (Wildman–Crippen LogP) is 2.93. The lowest BCUT2D eigenvalue weighted by atomic mass is 9.90. The van der Waals surface area contributed by atoms with E-state index in [4.69, 9.17) is 0 Å². The van der Waals surface area contributed by atoms with Gasteiger partial charge < -0.3 is 5.11 Å². The van der Waals surface area contributed by atoms with E-state index in [0.717, 1.165) is 0 Å². The summed E-state index contributed by atoms with van der Waals surface area (Å²) in [5.74, 6) is -0.331. The average Bonchev–Trinajstić information content (AvgIpc) is 2.19. The molecule has 1 unspecified atom stereocenters. The fourth-order valence-corrected chi connectivity index (χ4v) is 1.39. The standard InChI is InChI=1S/C13H13FO/c1-3-9-13(15,10-4-2)11-5-7-12(14)8-6-11/h3,5-8,10,15H,1-2,9H2. The Morgan fingerprint density at radius 1 is 1.40 bits per heavy atom. The third-order valence-corrected chi connectivity index (χ3v) is 2.14. The Labute approximate surface area is 88.9 Å². The van der Waals surface area contributed by atoms with Crippen LogP contribution in [0.15, 0.2) is 55.3 Å². The van der Waals surface area contributed by atoms with Gasteiger partial charge in [0.1, 0.15) is 11.4 Å². The lowest BCUT2D eigenvalue weighted by molar-refractivity contribution is 0.0931. The van der Waals surface area contributed by atoms with Crippen molar-refractivity contribution in [3.8, 4) is 0 Å². The SMILES string of the molecule is C=C=CC(O)(CC=C)c1ccc(F)cc1. The van der Waals surface area contributed by atoms with Crippen LogP contribution in [-0.4, -0.2) is 5.11 Å². The Bertz CT molecular complexity index is 388. The van der Waals surface area contributed by atoms with E-state index < -0.39 is 5.60 Å². The van der Waals surface area contributed by atoms with Gasteiger partial charge in [-0.2, -0.15) is 0 Å². The van der Waals surface area contributed by atoms with Crippen molar-refractivity contribution in [2.24, 2.45) is 0 Å². The average molecular weight is 204 g/mol. The molecule has 0 spiro atoms. The van der Waals surface area contributed by atoms with Crippen LogP contribution in [0.4, 0.5) is 4.39 Å². The Hall–Kier alpha value is -1.63. The molecule has 0 heterocycles. The first-order valence-corrected chi connectivity index (χ1v) is 4.58. The zero-order valence-electron chi connectivity index (χ0n) is 8.41. The number of aliphatic hydroxyl groups is 1. The molecule has 1 atom stereocenters. The highest BCUT2D eigenvalue weighted by Crippen LogP contribution is 2.26. The zero-order chi connectivity index (χ0) is 11.3. The molecule has 0 aliphatic carbocycles. The molecule has 2 heteroatoms. The maximum atomic E-state index is 12.7. The summed E-state index contributed by atoms with van der Waals surface area (Å²) in [6, 6.07) is 5.68. The van der Waals surface area contributed by atoms with Crippen molar-refractivity contribution in [1.29, 1.82) is 0 Å². The Balaban J connectivity index is 3.14. The molecule has 0 saturated heterocycles. The van der Waals surface area contributed by atoms with Crippen LogP contribution in [0.3, 0.4) is 0 Å². The van der Waals surface area contributed by atoms with Gasteiger partial charge in [-0.05, 0) is 23.8 Å². The van der Waals surface area contributed by atoms with E-state index >= 15 is 0 Å². The number of halogens is 1. The molecule has 78 valence electrons. The van der Waals surface area contributed by atoms with Gasteiger partial charge in [0.05, 0.1) is 0 Å². The summed E-state index contributed by atoms with van der Waals surface area (Å²) in [7, 11) is 0. The third kappa shape index (κ3) is 2.66. The molecular weight excluding hydrogens is 191 g/mol. The van der Waals surface area contributed by atoms with Crippen molar-refractivity contribution >= 4 is 0 Å². The highest BCUT2D eigenvalue weighted by molar-refractivity contribution is 5.28. The van der Waals surface area contributed by atoms with Gasteiger partial charge in [-0.3, -0.25) is 0 Å². The second-order valence-corrected chi connectivity index (χ2v) is 3.27. The molecule has 0 fully saturated rings. The minimum atomic E-state index is -1.20. The Morgan fingerprint density at radius 3 is 2.47 bits per heavy atom. The quantitative estimate of drug-likeness (QED) is 0.590. The summed E-state index contributed by atoms with van der Waals surface area (Å²) in [4.78, 5) is 0. The largest absolute Gasteiger partial charge is 0.380 e. The molecule has 15 heavy (non-hydrogen) atoms. The summed E-state index contributed by atoms with van der Waals surface area (Å²) in [5, 5.41) is 10.2. The molecule has 1 aromatic carbocycles. The summed E-state index contributed by atoms with van der Waals surface area (Å²) < 4.78 is 12.7. The predicted molar refractivity (Wildman–Crippen MR) is 58.8 cm³/mol. The molecule has 0 aliphatic heterocycles. The highest BCUT2D eigenvalue weighted by atomic mass is 19.1. The molecule has 1 rings (SSSR count). The van der Waals surface area contributed by atoms with Gasteiger partial charge in [-0.25, -0.2) is 4.39 Å². The summed E-state index contributed by atoms with van der Waals surface area (Å²) in [5.41, 5.74) is 1.94. The normalized spacial score (nSPS) is 13.7. The van der Waals surface area contributed by atoms with Gasteiger partial charge in [-0.15, -0.1) is 12.3 Å². The first-order valence-electron chi connectivity index (χ1n) is 4.58. The van der Waals surface area contributed by atoms with Gasteiger partial charge in [0.25, 0.3) is 0 Å². The zero-order valence-corrected chi connectivity index (χ0v) is 8.41. The van der Waals surface area contributed by atoms with E-state index in [1.54, 1.807) is 6.08 Å². The first kappa shape index (κ1) is 11.4. The van der Waals surface area contributed by atoms with E-state index in [-0.39, 0.29) is 5.82 Å². The van der Waals surface area contributed by atoms with Crippen molar-refractivity contribution in [2.75, 3.05) is 0 Å². The van der Waals surface area contributed by atoms with Crippen molar-refractivity contribution in [1.82, 2.24) is 0 Å². The molecule has 0 aromatic heterocycles. The van der Waals surface area contributed by atoms with E-state index in [2.05, 4.69) is 18.9 Å². The van der Waals surface area contributed by atoms with Gasteiger partial charge in [0.15, 0.2) is 0 Å². The van der Waals surface area contributed by atoms with E-state index in [1.807, 2.05) is 0 Å². The monoisotopic (exact) mass is 204 g/mol. The molecule has 0 aliphatic rings. The maximum Gasteiger partial charge on any atom is 0.123 e. The van der Waals surface area contributed by atoms with Gasteiger partial charge >= 0.3 is 0 Å². The minimum Gasteiger partial charge on any atom is -0.380 e. The van der Waals surface area contributed by atoms with Crippen LogP contribution in [0.2, 0.25) is 0 Å². The van der Waals surface area contributed by atoms with Gasteiger partial charge in [0, 0.05) is 6.42 Å². The van der Waals surface area contributed by atoms with Crippen LogP contribution in [0.1, 0.15) is 12.0 Å². The first-order chi connectivity index (χ1) is 7.12. The number of hydrogen-bond acceptors (Lipinski definition) is 1. The second-order valence-electron chi connectivity index (χ2n) is 3.27. The van der Waals surface area contributed by atoms with E-state index in [1.165, 1.54) is 30.3 Å². The molecule has 1 aromatic rings. The van der Waals surface area contributed by atoms with Crippen molar-refractivity contribution in [3.63, 3.8) is 0 Å². The van der Waals surface area contributed by atoms with Crippen LogP contribution in [0.5, 0.6) is 0 Å². The van der Waals surface area contributed by atoms with Crippen LogP contribution in [0, 0.1) is 5.82 Å². The van der Waals surface area contributed by atoms with Crippen LogP contribution in [0.25, 0.3) is 0 Å². The fraction of sp³-hybridized carbons (Fsp3) is 0.154. The minimum absolute atomic E-state index is 0.331. The number of benzene rings is 1. The maximum absolute atomic E-state index is 12.7. The molecule has 0 amide bonds. The Morgan fingerprint density at radius 2 is 2.00 bits per heavy atom. The van der Waals surface area contributed by atoms with Crippen LogP contribution < -0.4 is 0 Å². The van der Waals surface area contributed by atoms with Gasteiger partial charge in [0.2, 0.25) is 0 Å². The molecule has 1 nitrogen and oxygen atoms in total. The summed E-state index contributed by atoms with van der Waals surface area (Å²) in [6.07, 6.45) is 3.38. The fourth-order valence-electron chi connectivity index (χ4n) is 1.39. The lowest BCUT2D eigenvalue weighted by Gasteiger charge is -2.22. The van der Waals surface area contributed by atoms with Crippen molar-refractivity contribution < 1.29 is 9.50 Å². The smallest absolute Gasteiger partial charge is 0.123 e. The molecule has 0 saturated carbocycles. The summed E-state index contributed by atoms with van der Waals surface area (Å²) >= 11 is 0. The topological polar surface area (TPSA) is 20.2 Å². The number of hydrogen-bond donors (Lipinski definition) is 1. The van der Waals surface area contributed by atoms with Crippen LogP contribution >= 0.6 is 0 Å². The van der Waals surface area contributed by atoms with Crippen molar-refractivity contribution in [2.45, 2.75) is 12.0 Å². The van der Waals surface area contributed by atoms with Gasteiger partial charge in [-0.1, -0.05) is 24.8 Å². The molecule has 0 bridgehead atoms. The second kappa shape index (κ2) is 4.74. The lowest BCUT2D eigenvalue weighted by Crippen LogP contribution is -2.21. The molecule has 0 radical (unpaired) electrons. The molecular formula is C13H13FO. The van der Waals surface area contributed by atoms with E-state index in [0.29, 0.717) is 12.0 Å². The third-order valence-electron chi connectivity index (χ3n) is 2.14. The number of rotatable bonds is 4. The van der Waals surface area contributed by atoms with E-state index in [9.17, 15) is 9.50 Å². The highest BCUT2D eigenvalue weighted by Gasteiger charge is 2.24.